The summed E-state index contributed by atoms with van der Waals surface area (Å²) < 4.78 is 0. The second-order valence-corrected chi connectivity index (χ2v) is 6.24. The molecule has 0 spiro atoms. The zero-order valence-electron chi connectivity index (χ0n) is 13.2. The van der Waals surface area contributed by atoms with Crippen LogP contribution in [0.3, 0.4) is 0 Å². The van der Waals surface area contributed by atoms with Crippen LogP contribution in [0.2, 0.25) is 0 Å². The molecule has 3 aromatic rings. The molecule has 1 aliphatic carbocycles. The quantitative estimate of drug-likeness (QED) is 0.779. The molecule has 1 amide bonds. The first-order chi connectivity index (χ1) is 11.7. The molecule has 120 valence electrons. The van der Waals surface area contributed by atoms with Gasteiger partial charge in [0.05, 0.1) is 17.4 Å². The monoisotopic (exact) mass is 319 g/mol. The molecule has 0 aliphatic heterocycles. The van der Waals surface area contributed by atoms with Crippen molar-refractivity contribution in [1.29, 1.82) is 0 Å². The Kier molecular flexibility index (Phi) is 3.41. The first-order valence-electron chi connectivity index (χ1n) is 7.99. The first-order valence-corrected chi connectivity index (χ1v) is 7.99. The number of carbonyl (C=O) groups excluding carboxylic acids is 1. The number of nitrogens with zero attached hydrogens (tertiary/aromatic N) is 1. The minimum Gasteiger partial charge on any atom is -0.324 e. The van der Waals surface area contributed by atoms with Crippen molar-refractivity contribution in [3.05, 3.63) is 70.8 Å². The maximum Gasteiger partial charge on any atom is 0.258 e. The molecule has 3 unspecified atom stereocenters. The van der Waals surface area contributed by atoms with Crippen LogP contribution in [0.5, 0.6) is 0 Å². The van der Waals surface area contributed by atoms with Crippen LogP contribution >= 0.6 is 0 Å². The summed E-state index contributed by atoms with van der Waals surface area (Å²) in [5.41, 5.74) is 2.07. The Morgan fingerprint density at radius 3 is 2.71 bits per heavy atom. The van der Waals surface area contributed by atoms with Crippen LogP contribution in [0.15, 0.2) is 59.7 Å². The number of fused-ring (bicyclic) bond motifs is 1. The van der Waals surface area contributed by atoms with Crippen LogP contribution in [0.4, 0.5) is 5.69 Å². The highest BCUT2D eigenvalue weighted by Crippen LogP contribution is 2.54. The summed E-state index contributed by atoms with van der Waals surface area (Å²) in [5, 5.41) is 3.42. The lowest BCUT2D eigenvalue weighted by atomic mass is 10.1. The molecule has 0 bridgehead atoms. The molecule has 5 heteroatoms. The summed E-state index contributed by atoms with van der Waals surface area (Å²) in [6.45, 7) is 2.09. The van der Waals surface area contributed by atoms with Gasteiger partial charge >= 0.3 is 0 Å². The Bertz CT molecular complexity index is 965. The Balaban J connectivity index is 1.60. The zero-order chi connectivity index (χ0) is 16.7. The summed E-state index contributed by atoms with van der Waals surface area (Å²) in [7, 11) is 0. The highest BCUT2D eigenvalue weighted by Gasteiger charge is 2.52. The van der Waals surface area contributed by atoms with Crippen LogP contribution in [0, 0.1) is 11.8 Å². The molecule has 24 heavy (non-hydrogen) atoms. The third-order valence-corrected chi connectivity index (χ3v) is 4.79. The number of amides is 1. The number of aromatic nitrogens is 2. The van der Waals surface area contributed by atoms with Crippen molar-refractivity contribution in [3.63, 3.8) is 0 Å². The maximum absolute atomic E-state index is 12.7. The van der Waals surface area contributed by atoms with Gasteiger partial charge in [-0.3, -0.25) is 9.59 Å². The standard InChI is InChI=1S/C19H17N3O2/c1-11-15(12-6-3-2-4-7-12)16(11)19(24)22-14-9-5-8-13-17(14)20-10-21-18(13)23/h2-11,15-16H,1H3,(H,22,24)(H,20,21,23). The normalized spacial score (nSPS) is 22.3. The Morgan fingerprint density at radius 1 is 1.12 bits per heavy atom. The lowest BCUT2D eigenvalue weighted by molar-refractivity contribution is -0.117. The van der Waals surface area contributed by atoms with Crippen LogP contribution < -0.4 is 10.9 Å². The van der Waals surface area contributed by atoms with Crippen molar-refractivity contribution < 1.29 is 4.79 Å². The van der Waals surface area contributed by atoms with E-state index in [1.165, 1.54) is 11.9 Å². The molecule has 0 saturated heterocycles. The van der Waals surface area contributed by atoms with Crippen LogP contribution in [0.25, 0.3) is 10.9 Å². The molecule has 1 heterocycles. The van der Waals surface area contributed by atoms with Crippen LogP contribution in [-0.2, 0) is 4.79 Å². The average Bonchev–Trinajstić information content (AvgIpc) is 3.28. The molecular formula is C19H17N3O2. The zero-order valence-corrected chi connectivity index (χ0v) is 13.2. The molecule has 3 atom stereocenters. The van der Waals surface area contributed by atoms with Crippen molar-refractivity contribution in [2.24, 2.45) is 11.8 Å². The van der Waals surface area contributed by atoms with Crippen molar-refractivity contribution in [2.45, 2.75) is 12.8 Å². The van der Waals surface area contributed by atoms with Crippen LogP contribution in [0.1, 0.15) is 18.4 Å². The third-order valence-electron chi connectivity index (χ3n) is 4.79. The Labute approximate surface area is 138 Å². The molecule has 2 aromatic carbocycles. The number of carbonyl (C=O) groups is 1. The van der Waals surface area contributed by atoms with Gasteiger partial charge in [0, 0.05) is 5.92 Å². The Morgan fingerprint density at radius 2 is 1.92 bits per heavy atom. The third kappa shape index (κ3) is 2.38. The van der Waals surface area contributed by atoms with Gasteiger partial charge < -0.3 is 10.3 Å². The minimum atomic E-state index is -0.210. The fourth-order valence-corrected chi connectivity index (χ4v) is 3.47. The van der Waals surface area contributed by atoms with E-state index in [-0.39, 0.29) is 23.3 Å². The molecule has 0 radical (unpaired) electrons. The van der Waals surface area contributed by atoms with E-state index in [0.717, 1.165) is 0 Å². The molecule has 1 saturated carbocycles. The van der Waals surface area contributed by atoms with Crippen molar-refractivity contribution in [2.75, 3.05) is 5.32 Å². The van der Waals surface area contributed by atoms with Crippen molar-refractivity contribution >= 4 is 22.5 Å². The largest absolute Gasteiger partial charge is 0.324 e. The molecule has 1 fully saturated rings. The fraction of sp³-hybridized carbons (Fsp3) is 0.211. The lowest BCUT2D eigenvalue weighted by Crippen LogP contribution is -2.16. The fourth-order valence-electron chi connectivity index (χ4n) is 3.47. The summed E-state index contributed by atoms with van der Waals surface area (Å²) in [6, 6.07) is 15.3. The van der Waals surface area contributed by atoms with Crippen LogP contribution in [-0.4, -0.2) is 15.9 Å². The summed E-state index contributed by atoms with van der Waals surface area (Å²) >= 11 is 0. The van der Waals surface area contributed by atoms with E-state index in [2.05, 4.69) is 34.3 Å². The van der Waals surface area contributed by atoms with E-state index >= 15 is 0 Å². The van der Waals surface area contributed by atoms with Gasteiger partial charge in [-0.15, -0.1) is 0 Å². The Hall–Kier alpha value is -2.95. The predicted molar refractivity (Wildman–Crippen MR) is 92.8 cm³/mol. The molecular weight excluding hydrogens is 302 g/mol. The number of para-hydroxylation sites is 1. The molecule has 2 N–H and O–H groups in total. The van der Waals surface area contributed by atoms with Gasteiger partial charge in [0.1, 0.15) is 5.52 Å². The van der Waals surface area contributed by atoms with Crippen molar-refractivity contribution in [1.82, 2.24) is 9.97 Å². The van der Waals surface area contributed by atoms with Gasteiger partial charge in [0.15, 0.2) is 0 Å². The second-order valence-electron chi connectivity index (χ2n) is 6.24. The van der Waals surface area contributed by atoms with Gasteiger partial charge in [0.2, 0.25) is 5.91 Å². The number of anilines is 1. The number of aromatic amines is 1. The number of hydrogen-bond donors (Lipinski definition) is 2. The van der Waals surface area contributed by atoms with E-state index in [1.807, 2.05) is 18.2 Å². The number of H-pyrrole nitrogens is 1. The van der Waals surface area contributed by atoms with E-state index in [4.69, 9.17) is 0 Å². The number of nitrogens with one attached hydrogen (secondary N) is 2. The summed E-state index contributed by atoms with van der Waals surface area (Å²) in [6.07, 6.45) is 1.35. The molecule has 4 rings (SSSR count). The molecule has 1 aliphatic rings. The van der Waals surface area contributed by atoms with Crippen molar-refractivity contribution in [3.8, 4) is 0 Å². The number of benzene rings is 2. The number of rotatable bonds is 3. The minimum absolute atomic E-state index is 0.0223. The van der Waals surface area contributed by atoms with E-state index < -0.39 is 0 Å². The summed E-state index contributed by atoms with van der Waals surface area (Å²) in [4.78, 5) is 31.3. The highest BCUT2D eigenvalue weighted by molar-refractivity contribution is 6.02. The second kappa shape index (κ2) is 5.60. The molecule has 5 nitrogen and oxygen atoms in total. The van der Waals surface area contributed by atoms with E-state index in [0.29, 0.717) is 22.5 Å². The number of hydrogen-bond acceptors (Lipinski definition) is 3. The average molecular weight is 319 g/mol. The SMILES string of the molecule is CC1C(C(=O)Nc2cccc3c(=O)[nH]cnc23)C1c1ccccc1. The predicted octanol–water partition coefficient (Wildman–Crippen LogP) is 2.91. The molecule has 1 aromatic heterocycles. The summed E-state index contributed by atoms with van der Waals surface area (Å²) in [5.74, 6) is 0.479. The maximum atomic E-state index is 12.7. The van der Waals surface area contributed by atoms with Gasteiger partial charge in [-0.05, 0) is 29.5 Å². The van der Waals surface area contributed by atoms with Gasteiger partial charge in [-0.2, -0.15) is 0 Å². The van der Waals surface area contributed by atoms with Gasteiger partial charge in [-0.1, -0.05) is 43.3 Å². The van der Waals surface area contributed by atoms with Gasteiger partial charge in [-0.25, -0.2) is 4.98 Å². The van der Waals surface area contributed by atoms with Gasteiger partial charge in [0.25, 0.3) is 5.56 Å². The first kappa shape index (κ1) is 14.6. The highest BCUT2D eigenvalue weighted by atomic mass is 16.2. The smallest absolute Gasteiger partial charge is 0.258 e. The lowest BCUT2D eigenvalue weighted by Gasteiger charge is -2.07. The van der Waals surface area contributed by atoms with E-state index in [1.54, 1.807) is 18.2 Å². The topological polar surface area (TPSA) is 74.8 Å². The van der Waals surface area contributed by atoms with E-state index in [9.17, 15) is 9.59 Å².